The summed E-state index contributed by atoms with van der Waals surface area (Å²) in [6.07, 6.45) is 87.1. The van der Waals surface area contributed by atoms with Gasteiger partial charge in [0, 0.05) is 12.8 Å². The van der Waals surface area contributed by atoms with Crippen LogP contribution in [0.25, 0.3) is 0 Å². The summed E-state index contributed by atoms with van der Waals surface area (Å²) >= 11 is 0. The number of likely N-dealkylation sites (N-methyl/N-ethyl adjacent to an activating group) is 1. The van der Waals surface area contributed by atoms with Crippen LogP contribution in [0.2, 0.25) is 0 Å². The van der Waals surface area contributed by atoms with Gasteiger partial charge in [0.05, 0.1) is 33.8 Å². The molecule has 9 nitrogen and oxygen atoms in total. The van der Waals surface area contributed by atoms with Gasteiger partial charge < -0.3 is 28.5 Å². The Bertz CT molecular complexity index is 1750. The molecule has 0 aliphatic rings. The molecule has 0 spiro atoms. The summed E-state index contributed by atoms with van der Waals surface area (Å²) in [6.45, 7) is 6.76. The second-order valence-corrected chi connectivity index (χ2v) is 27.1. The predicted octanol–water partition coefficient (Wildman–Crippen LogP) is 22.7. The summed E-state index contributed by atoms with van der Waals surface area (Å²) in [6, 6.07) is -0.896. The molecule has 0 aromatic rings. The van der Waals surface area contributed by atoms with E-state index in [1.54, 1.807) is 0 Å². The molecule has 0 heterocycles. The monoisotopic (exact) mass is 1220 g/mol. The van der Waals surface area contributed by atoms with Gasteiger partial charge in [0.1, 0.15) is 19.3 Å². The van der Waals surface area contributed by atoms with Gasteiger partial charge in [-0.1, -0.05) is 305 Å². The number of unbranched alkanes of at least 4 members (excludes halogenated alkanes) is 38. The van der Waals surface area contributed by atoms with Crippen molar-refractivity contribution in [3.8, 4) is 0 Å². The van der Waals surface area contributed by atoms with Gasteiger partial charge in [-0.3, -0.25) is 14.2 Å². The topological polar surface area (TPSA) is 114 Å². The van der Waals surface area contributed by atoms with Gasteiger partial charge in [0.2, 0.25) is 5.91 Å². The van der Waals surface area contributed by atoms with Crippen molar-refractivity contribution in [2.45, 2.75) is 348 Å². The summed E-state index contributed by atoms with van der Waals surface area (Å²) < 4.78 is 30.5. The highest BCUT2D eigenvalue weighted by Gasteiger charge is 2.27. The molecule has 0 bridgehead atoms. The number of esters is 1. The van der Waals surface area contributed by atoms with E-state index in [0.717, 1.165) is 103 Å². The molecule has 1 amide bonds. The summed E-state index contributed by atoms with van der Waals surface area (Å²) in [5.41, 5.74) is 0. The number of ether oxygens (including phenoxy) is 1. The Hall–Kier alpha value is -2.81. The van der Waals surface area contributed by atoms with E-state index in [1.165, 1.54) is 199 Å². The maximum atomic E-state index is 13.6. The second-order valence-electron chi connectivity index (χ2n) is 25.7. The van der Waals surface area contributed by atoms with Crippen LogP contribution in [0.5, 0.6) is 0 Å². The highest BCUT2D eigenvalue weighted by Crippen LogP contribution is 2.38. The minimum atomic E-state index is -4.71. The van der Waals surface area contributed by atoms with E-state index >= 15 is 0 Å². The third-order valence-electron chi connectivity index (χ3n) is 16.1. The number of carbonyl (C=O) groups is 2. The molecule has 0 aromatic carbocycles. The molecular weight excluding hydrogens is 1080 g/mol. The number of carbonyl (C=O) groups excluding carboxylic acids is 2. The Kier molecular flexibility index (Phi) is 63.0. The zero-order valence-corrected chi connectivity index (χ0v) is 58.2. The number of nitrogens with one attached hydrogen (secondary N) is 1. The minimum absolute atomic E-state index is 0.0255. The Balaban J connectivity index is 5.05. The fourth-order valence-corrected chi connectivity index (χ4v) is 11.2. The third-order valence-corrected chi connectivity index (χ3v) is 17.0. The van der Waals surface area contributed by atoms with Gasteiger partial charge in [-0.2, -0.15) is 0 Å². The van der Waals surface area contributed by atoms with Gasteiger partial charge in [-0.15, -0.1) is 0 Å². The van der Waals surface area contributed by atoms with Gasteiger partial charge in [0.15, 0.2) is 0 Å². The molecule has 0 aromatic heterocycles. The van der Waals surface area contributed by atoms with Crippen molar-refractivity contribution in [1.82, 2.24) is 5.32 Å². The molecule has 0 aliphatic carbocycles. The molecule has 0 rings (SSSR count). The molecule has 500 valence electrons. The van der Waals surface area contributed by atoms with Crippen molar-refractivity contribution in [2.24, 2.45) is 0 Å². The molecule has 0 fully saturated rings. The molecule has 0 radical (unpaired) electrons. The van der Waals surface area contributed by atoms with E-state index < -0.39 is 26.6 Å². The highest BCUT2D eigenvalue weighted by atomic mass is 31.2. The zero-order chi connectivity index (χ0) is 62.8. The van der Waals surface area contributed by atoms with Crippen LogP contribution in [0.15, 0.2) is 85.1 Å². The van der Waals surface area contributed by atoms with Crippen molar-refractivity contribution in [3.05, 3.63) is 85.1 Å². The lowest BCUT2D eigenvalue weighted by Gasteiger charge is -2.30. The van der Waals surface area contributed by atoms with Crippen molar-refractivity contribution >= 4 is 19.7 Å². The van der Waals surface area contributed by atoms with Crippen molar-refractivity contribution in [3.63, 3.8) is 0 Å². The number of nitrogens with zero attached hydrogens (tertiary/aromatic N) is 1. The largest absolute Gasteiger partial charge is 0.756 e. The average molecular weight is 1220 g/mol. The lowest BCUT2D eigenvalue weighted by Crippen LogP contribution is -2.47. The Morgan fingerprint density at radius 3 is 1.13 bits per heavy atom. The Labute approximate surface area is 533 Å². The average Bonchev–Trinajstić information content (AvgIpc) is 3.69. The molecule has 0 saturated heterocycles. The number of phosphoric ester groups is 1. The maximum Gasteiger partial charge on any atom is 0.306 e. The van der Waals surface area contributed by atoms with Gasteiger partial charge in [0.25, 0.3) is 7.82 Å². The summed E-state index contributed by atoms with van der Waals surface area (Å²) in [7, 11) is 1.18. The third kappa shape index (κ3) is 65.6. The van der Waals surface area contributed by atoms with Crippen LogP contribution < -0.4 is 10.2 Å². The van der Waals surface area contributed by atoms with E-state index in [0.29, 0.717) is 17.4 Å². The summed E-state index contributed by atoms with van der Waals surface area (Å²) in [4.78, 5) is 40.2. The second kappa shape index (κ2) is 65.2. The van der Waals surface area contributed by atoms with Crippen molar-refractivity contribution in [1.29, 1.82) is 0 Å². The van der Waals surface area contributed by atoms with E-state index in [2.05, 4.69) is 99.0 Å². The Morgan fingerprint density at radius 1 is 0.419 bits per heavy atom. The van der Waals surface area contributed by atoms with Crippen LogP contribution in [0.3, 0.4) is 0 Å². The number of hydrogen-bond donors (Lipinski definition) is 1. The van der Waals surface area contributed by atoms with E-state index in [4.69, 9.17) is 13.8 Å². The number of phosphoric acid groups is 1. The van der Waals surface area contributed by atoms with Gasteiger partial charge in [-0.05, 0) is 102 Å². The number of rotatable bonds is 66. The number of hydrogen-bond acceptors (Lipinski definition) is 7. The van der Waals surface area contributed by atoms with Crippen LogP contribution in [0.4, 0.5) is 0 Å². The maximum absolute atomic E-state index is 13.6. The SMILES string of the molecule is CC/C=C\C/C=C\C/C=C\C/C=C\C/C=C\CCCCCCCCCCCC(=O)NC(COP(=O)([O-])OCC[N+](C)(C)C)C(/C=C/CCCCCCCCCCCC)OC(=O)CCCCCCCCCCCCCCC/C=C/CCCCCCCC. The van der Waals surface area contributed by atoms with Gasteiger partial charge >= 0.3 is 5.97 Å². The first-order valence-electron chi connectivity index (χ1n) is 36.4. The summed E-state index contributed by atoms with van der Waals surface area (Å²) in [5, 5.41) is 3.04. The fraction of sp³-hybridized carbons (Fsp3) is 0.789. The number of amides is 1. The first-order valence-corrected chi connectivity index (χ1v) is 37.9. The van der Waals surface area contributed by atoms with Crippen molar-refractivity contribution in [2.75, 3.05) is 40.9 Å². The molecule has 1 N–H and O–H groups in total. The highest BCUT2D eigenvalue weighted by molar-refractivity contribution is 7.45. The molecule has 0 saturated carbocycles. The van der Waals surface area contributed by atoms with Crippen molar-refractivity contribution < 1.29 is 37.3 Å². The van der Waals surface area contributed by atoms with E-state index in [1.807, 2.05) is 33.3 Å². The zero-order valence-electron chi connectivity index (χ0n) is 57.3. The molecule has 0 aliphatic heterocycles. The molecular formula is C76H139N2O7P. The normalized spacial score (nSPS) is 14.0. The molecule has 10 heteroatoms. The number of allylic oxidation sites excluding steroid dienone is 13. The minimum Gasteiger partial charge on any atom is -0.756 e. The molecule has 3 atom stereocenters. The smallest absolute Gasteiger partial charge is 0.306 e. The van der Waals surface area contributed by atoms with Crippen LogP contribution >= 0.6 is 7.82 Å². The fourth-order valence-electron chi connectivity index (χ4n) is 10.5. The lowest BCUT2D eigenvalue weighted by molar-refractivity contribution is -0.870. The first kappa shape index (κ1) is 83.2. The van der Waals surface area contributed by atoms with Crippen LogP contribution in [-0.2, 0) is 27.9 Å². The van der Waals surface area contributed by atoms with Crippen LogP contribution in [0.1, 0.15) is 335 Å². The lowest BCUT2D eigenvalue weighted by atomic mass is 10.0. The quantitative estimate of drug-likeness (QED) is 0.0212. The standard InChI is InChI=1S/C76H139N2O7P/c1-7-10-13-16-19-22-25-28-30-32-34-36-38-39-41-42-44-46-48-50-53-56-59-62-65-68-75(79)77-73(72-84-86(81,82)83-71-70-78(4,5)6)74(67-64-61-58-55-52-27-24-21-18-15-12-9-3)85-76(80)69-66-63-60-57-54-51-49-47-45-43-40-37-35-33-31-29-26-23-20-17-14-11-8-2/h10,13,19,22,28-31,34,36,39,41,64,67,73-74H,7-9,11-12,14-18,20-21,23-27,32-33,35,37-38,40,42-63,65-66,68-72H2,1-6H3,(H-,77,79,81,82)/b13-10-,22-19-,30-28-,31-29+,36-34-,41-39-,67-64+. The Morgan fingerprint density at radius 2 is 0.744 bits per heavy atom. The van der Waals surface area contributed by atoms with Gasteiger partial charge in [-0.25, -0.2) is 0 Å². The predicted molar refractivity (Wildman–Crippen MR) is 371 cm³/mol. The summed E-state index contributed by atoms with van der Waals surface area (Å²) in [5.74, 6) is -0.540. The molecule has 3 unspecified atom stereocenters. The first-order chi connectivity index (χ1) is 41.9. The van der Waals surface area contributed by atoms with E-state index in [9.17, 15) is 19.0 Å². The van der Waals surface area contributed by atoms with Crippen LogP contribution in [-0.4, -0.2) is 69.4 Å². The van der Waals surface area contributed by atoms with E-state index in [-0.39, 0.29) is 24.9 Å². The number of quaternary nitrogens is 1. The van der Waals surface area contributed by atoms with Crippen LogP contribution in [0, 0.1) is 0 Å². The molecule has 86 heavy (non-hydrogen) atoms.